The van der Waals surface area contributed by atoms with Gasteiger partial charge in [0.15, 0.2) is 0 Å². The van der Waals surface area contributed by atoms with E-state index in [-0.39, 0.29) is 11.8 Å². The maximum absolute atomic E-state index is 12.6. The molecule has 3 heterocycles. The number of aromatic nitrogens is 2. The van der Waals surface area contributed by atoms with Gasteiger partial charge in [-0.2, -0.15) is 0 Å². The zero-order chi connectivity index (χ0) is 17.4. The molecule has 1 aliphatic heterocycles. The van der Waals surface area contributed by atoms with Gasteiger partial charge in [0.1, 0.15) is 11.3 Å². The van der Waals surface area contributed by atoms with Crippen LogP contribution in [0.3, 0.4) is 0 Å². The summed E-state index contributed by atoms with van der Waals surface area (Å²) in [5, 5.41) is 2.89. The normalized spacial score (nSPS) is 14.3. The quantitative estimate of drug-likeness (QED) is 0.800. The predicted octanol–water partition coefficient (Wildman–Crippen LogP) is 3.02. The van der Waals surface area contributed by atoms with Crippen LogP contribution in [0.1, 0.15) is 28.9 Å². The second kappa shape index (κ2) is 6.05. The molecule has 6 heteroatoms. The summed E-state index contributed by atoms with van der Waals surface area (Å²) in [5.41, 5.74) is 3.51. The van der Waals surface area contributed by atoms with Gasteiger partial charge < -0.3 is 14.6 Å². The standard InChI is InChI=1S/C19H18N4O2/c1-13-8-10-22-12-15(20-17(22)11-13)19(25)21-14-5-2-3-6-16(14)23-9-4-7-18(23)24/h2-3,5-6,8,10-12H,4,7,9H2,1H3,(H,21,25). The van der Waals surface area contributed by atoms with Crippen LogP contribution in [0, 0.1) is 6.92 Å². The molecule has 0 unspecified atom stereocenters. The SMILES string of the molecule is Cc1ccn2cc(C(=O)Nc3ccccc3N3CCCC3=O)nc2c1. The van der Waals surface area contributed by atoms with Gasteiger partial charge in [0, 0.05) is 25.4 Å². The molecule has 6 nitrogen and oxygen atoms in total. The molecule has 25 heavy (non-hydrogen) atoms. The van der Waals surface area contributed by atoms with Crippen LogP contribution < -0.4 is 10.2 Å². The minimum absolute atomic E-state index is 0.0879. The molecular formula is C19H18N4O2. The number of benzene rings is 1. The molecule has 0 bridgehead atoms. The highest BCUT2D eigenvalue weighted by Crippen LogP contribution is 2.29. The lowest BCUT2D eigenvalue weighted by molar-refractivity contribution is -0.117. The third kappa shape index (κ3) is 2.87. The van der Waals surface area contributed by atoms with E-state index in [4.69, 9.17) is 0 Å². The van der Waals surface area contributed by atoms with Crippen LogP contribution in [-0.2, 0) is 4.79 Å². The summed E-state index contributed by atoms with van der Waals surface area (Å²) < 4.78 is 1.82. The number of imidazole rings is 1. The van der Waals surface area contributed by atoms with E-state index in [0.717, 1.165) is 23.3 Å². The summed E-state index contributed by atoms with van der Waals surface area (Å²) in [6.45, 7) is 2.66. The van der Waals surface area contributed by atoms with E-state index in [2.05, 4.69) is 10.3 Å². The second-order valence-corrected chi connectivity index (χ2v) is 6.22. The van der Waals surface area contributed by atoms with Gasteiger partial charge in [-0.1, -0.05) is 12.1 Å². The van der Waals surface area contributed by atoms with E-state index >= 15 is 0 Å². The third-order valence-electron chi connectivity index (χ3n) is 4.36. The Labute approximate surface area is 145 Å². The number of carbonyl (C=O) groups excluding carboxylic acids is 2. The van der Waals surface area contributed by atoms with Crippen LogP contribution in [0.4, 0.5) is 11.4 Å². The number of nitrogens with zero attached hydrogens (tertiary/aromatic N) is 3. The fourth-order valence-electron chi connectivity index (χ4n) is 3.10. The summed E-state index contributed by atoms with van der Waals surface area (Å²) in [6.07, 6.45) is 4.97. The predicted molar refractivity (Wildman–Crippen MR) is 95.9 cm³/mol. The number of anilines is 2. The van der Waals surface area contributed by atoms with E-state index in [1.54, 1.807) is 17.2 Å². The average molecular weight is 334 g/mol. The van der Waals surface area contributed by atoms with Gasteiger partial charge in [-0.25, -0.2) is 4.98 Å². The van der Waals surface area contributed by atoms with Crippen molar-refractivity contribution in [1.29, 1.82) is 0 Å². The Kier molecular flexibility index (Phi) is 3.72. The van der Waals surface area contributed by atoms with Crippen molar-refractivity contribution >= 4 is 28.8 Å². The number of para-hydroxylation sites is 2. The Morgan fingerprint density at radius 1 is 1.24 bits per heavy atom. The molecule has 0 spiro atoms. The molecule has 0 saturated carbocycles. The molecule has 0 atom stereocenters. The first kappa shape index (κ1) is 15.4. The Balaban J connectivity index is 1.63. The number of carbonyl (C=O) groups is 2. The summed E-state index contributed by atoms with van der Waals surface area (Å²) in [7, 11) is 0. The van der Waals surface area contributed by atoms with Gasteiger partial charge in [-0.05, 0) is 43.2 Å². The van der Waals surface area contributed by atoms with Crippen molar-refractivity contribution < 1.29 is 9.59 Å². The molecule has 1 aliphatic rings. The van der Waals surface area contributed by atoms with E-state index < -0.39 is 0 Å². The lowest BCUT2D eigenvalue weighted by Gasteiger charge is -2.19. The monoisotopic (exact) mass is 334 g/mol. The Hall–Kier alpha value is -3.15. The van der Waals surface area contributed by atoms with Crippen LogP contribution in [0.25, 0.3) is 5.65 Å². The number of nitrogens with one attached hydrogen (secondary N) is 1. The smallest absolute Gasteiger partial charge is 0.275 e. The first-order valence-corrected chi connectivity index (χ1v) is 8.28. The van der Waals surface area contributed by atoms with Crippen molar-refractivity contribution in [1.82, 2.24) is 9.38 Å². The highest BCUT2D eigenvalue weighted by Gasteiger charge is 2.24. The highest BCUT2D eigenvalue weighted by atomic mass is 16.2. The largest absolute Gasteiger partial charge is 0.319 e. The van der Waals surface area contributed by atoms with Crippen LogP contribution in [0.15, 0.2) is 48.8 Å². The molecule has 2 amide bonds. The molecule has 1 aromatic carbocycles. The van der Waals surface area contributed by atoms with Crippen molar-refractivity contribution in [2.75, 3.05) is 16.8 Å². The number of hydrogen-bond donors (Lipinski definition) is 1. The van der Waals surface area contributed by atoms with Crippen molar-refractivity contribution in [3.63, 3.8) is 0 Å². The van der Waals surface area contributed by atoms with Gasteiger partial charge in [-0.3, -0.25) is 9.59 Å². The molecule has 0 radical (unpaired) electrons. The molecule has 2 aromatic heterocycles. The second-order valence-electron chi connectivity index (χ2n) is 6.22. The third-order valence-corrected chi connectivity index (χ3v) is 4.36. The zero-order valence-electron chi connectivity index (χ0n) is 13.9. The summed E-state index contributed by atoms with van der Waals surface area (Å²) >= 11 is 0. The number of aryl methyl sites for hydroxylation is 1. The van der Waals surface area contributed by atoms with E-state index in [9.17, 15) is 9.59 Å². The van der Waals surface area contributed by atoms with Gasteiger partial charge in [0.25, 0.3) is 5.91 Å². The van der Waals surface area contributed by atoms with Gasteiger partial charge in [0.05, 0.1) is 11.4 Å². The van der Waals surface area contributed by atoms with E-state index in [1.807, 2.05) is 47.9 Å². The van der Waals surface area contributed by atoms with Crippen molar-refractivity contribution in [2.24, 2.45) is 0 Å². The fourth-order valence-corrected chi connectivity index (χ4v) is 3.10. The summed E-state index contributed by atoms with van der Waals surface area (Å²) in [4.78, 5) is 30.8. The van der Waals surface area contributed by atoms with Crippen LogP contribution >= 0.6 is 0 Å². The van der Waals surface area contributed by atoms with Crippen LogP contribution in [0.5, 0.6) is 0 Å². The number of fused-ring (bicyclic) bond motifs is 1. The van der Waals surface area contributed by atoms with E-state index in [0.29, 0.717) is 24.3 Å². The zero-order valence-corrected chi connectivity index (χ0v) is 13.9. The lowest BCUT2D eigenvalue weighted by Crippen LogP contribution is -2.25. The van der Waals surface area contributed by atoms with Gasteiger partial charge in [-0.15, -0.1) is 0 Å². The molecule has 1 saturated heterocycles. The average Bonchev–Trinajstić information content (AvgIpc) is 3.21. The number of rotatable bonds is 3. The molecule has 0 aliphatic carbocycles. The summed E-state index contributed by atoms with van der Waals surface area (Å²) in [6, 6.07) is 11.2. The Bertz CT molecular complexity index is 976. The number of pyridine rings is 1. The van der Waals surface area contributed by atoms with Crippen LogP contribution in [0.2, 0.25) is 0 Å². The molecule has 4 rings (SSSR count). The highest BCUT2D eigenvalue weighted by molar-refractivity contribution is 6.07. The fraction of sp³-hybridized carbons (Fsp3) is 0.211. The van der Waals surface area contributed by atoms with Crippen LogP contribution in [-0.4, -0.2) is 27.7 Å². The minimum atomic E-state index is -0.291. The topological polar surface area (TPSA) is 66.7 Å². The molecule has 3 aromatic rings. The first-order chi connectivity index (χ1) is 12.1. The molecular weight excluding hydrogens is 316 g/mol. The van der Waals surface area contributed by atoms with E-state index in [1.165, 1.54) is 0 Å². The lowest BCUT2D eigenvalue weighted by atomic mass is 10.2. The maximum Gasteiger partial charge on any atom is 0.275 e. The molecule has 126 valence electrons. The van der Waals surface area contributed by atoms with Crippen molar-refractivity contribution in [3.05, 3.63) is 60.0 Å². The Morgan fingerprint density at radius 2 is 2.08 bits per heavy atom. The van der Waals surface area contributed by atoms with Crippen molar-refractivity contribution in [2.45, 2.75) is 19.8 Å². The first-order valence-electron chi connectivity index (χ1n) is 8.28. The summed E-state index contributed by atoms with van der Waals surface area (Å²) in [5.74, 6) is -0.203. The van der Waals surface area contributed by atoms with Gasteiger partial charge in [0.2, 0.25) is 5.91 Å². The molecule has 1 fully saturated rings. The minimum Gasteiger partial charge on any atom is -0.319 e. The number of amides is 2. The van der Waals surface area contributed by atoms with Crippen molar-refractivity contribution in [3.8, 4) is 0 Å². The van der Waals surface area contributed by atoms with Gasteiger partial charge >= 0.3 is 0 Å². The Morgan fingerprint density at radius 3 is 2.88 bits per heavy atom. The molecule has 1 N–H and O–H groups in total. The maximum atomic E-state index is 12.6. The number of hydrogen-bond acceptors (Lipinski definition) is 3.